The molecule has 1 aliphatic rings. The number of amides is 1. The fraction of sp³-hybridized carbons (Fsp3) is 0.231. The Hall–Kier alpha value is -2.10. The molecule has 4 heteroatoms. The molecule has 3 rings (SSSR count). The van der Waals surface area contributed by atoms with E-state index in [-0.39, 0.29) is 18.4 Å². The Kier molecular flexibility index (Phi) is 2.21. The van der Waals surface area contributed by atoms with Crippen LogP contribution in [0.25, 0.3) is 10.9 Å². The van der Waals surface area contributed by atoms with E-state index in [1.54, 1.807) is 0 Å². The first-order valence-corrected chi connectivity index (χ1v) is 5.56. The second kappa shape index (κ2) is 3.73. The first kappa shape index (κ1) is 10.1. The highest BCUT2D eigenvalue weighted by atomic mass is 16.5. The maximum Gasteiger partial charge on any atom is 0.286 e. The third-order valence-electron chi connectivity index (χ3n) is 3.04. The zero-order chi connectivity index (χ0) is 11.8. The zero-order valence-electron chi connectivity index (χ0n) is 9.43. The van der Waals surface area contributed by atoms with Gasteiger partial charge in [0, 0.05) is 17.1 Å². The van der Waals surface area contributed by atoms with Crippen LogP contribution in [0.3, 0.4) is 0 Å². The highest BCUT2D eigenvalue weighted by molar-refractivity contribution is 6.01. The van der Waals surface area contributed by atoms with Gasteiger partial charge < -0.3 is 9.72 Å². The highest BCUT2D eigenvalue weighted by Crippen LogP contribution is 2.27. The van der Waals surface area contributed by atoms with Crippen molar-refractivity contribution >= 4 is 22.7 Å². The number of hydrogen-bond acceptors (Lipinski definition) is 2. The third-order valence-corrected chi connectivity index (χ3v) is 3.04. The van der Waals surface area contributed by atoms with Gasteiger partial charge in [0.2, 0.25) is 0 Å². The van der Waals surface area contributed by atoms with Crippen LogP contribution in [0.4, 0.5) is 0 Å². The van der Waals surface area contributed by atoms with Crippen LogP contribution < -0.4 is 0 Å². The average molecular weight is 228 g/mol. The Morgan fingerprint density at radius 2 is 2.24 bits per heavy atom. The van der Waals surface area contributed by atoms with Crippen molar-refractivity contribution in [2.24, 2.45) is 4.99 Å². The van der Waals surface area contributed by atoms with Crippen molar-refractivity contribution in [1.82, 2.24) is 4.98 Å². The first-order chi connectivity index (χ1) is 8.25. The zero-order valence-corrected chi connectivity index (χ0v) is 9.43. The highest BCUT2D eigenvalue weighted by Gasteiger charge is 2.24. The number of carbonyl (C=O) groups is 1. The molecule has 0 spiro atoms. The topological polar surface area (TPSA) is 54.4 Å². The molecular formula is C13H12N2O2. The normalized spacial score (nSPS) is 17.0. The molecular weight excluding hydrogens is 216 g/mol. The van der Waals surface area contributed by atoms with Crippen LogP contribution in [-0.4, -0.2) is 23.4 Å². The summed E-state index contributed by atoms with van der Waals surface area (Å²) in [5, 5.41) is 1.14. The van der Waals surface area contributed by atoms with E-state index in [9.17, 15) is 4.79 Å². The molecule has 0 unspecified atom stereocenters. The monoisotopic (exact) mass is 228 g/mol. The molecule has 4 nitrogen and oxygen atoms in total. The first-order valence-electron chi connectivity index (χ1n) is 5.56. The molecule has 0 bridgehead atoms. The molecule has 1 atom stereocenters. The Labute approximate surface area is 98.3 Å². The Bertz CT molecular complexity index is 613. The average Bonchev–Trinajstić information content (AvgIpc) is 2.94. The molecule has 1 N–H and O–H groups in total. The van der Waals surface area contributed by atoms with Gasteiger partial charge >= 0.3 is 0 Å². The minimum Gasteiger partial charge on any atom is -0.470 e. The van der Waals surface area contributed by atoms with E-state index in [2.05, 4.69) is 16.0 Å². The van der Waals surface area contributed by atoms with Gasteiger partial charge in [0.1, 0.15) is 0 Å². The van der Waals surface area contributed by atoms with Crippen molar-refractivity contribution in [3.05, 3.63) is 36.0 Å². The number of aromatic amines is 1. The van der Waals surface area contributed by atoms with Gasteiger partial charge in [-0.15, -0.1) is 0 Å². The van der Waals surface area contributed by atoms with Crippen LogP contribution in [-0.2, 0) is 9.53 Å². The van der Waals surface area contributed by atoms with Gasteiger partial charge in [-0.3, -0.25) is 4.79 Å². The Balaban J connectivity index is 2.04. The molecule has 0 saturated heterocycles. The van der Waals surface area contributed by atoms with Gasteiger partial charge in [-0.05, 0) is 18.6 Å². The molecule has 86 valence electrons. The van der Waals surface area contributed by atoms with E-state index in [1.165, 1.54) is 0 Å². The number of aliphatic imine (C=N–C) groups is 1. The number of H-pyrrole nitrogens is 1. The van der Waals surface area contributed by atoms with Crippen molar-refractivity contribution in [1.29, 1.82) is 0 Å². The van der Waals surface area contributed by atoms with Crippen LogP contribution in [0.1, 0.15) is 18.4 Å². The number of nitrogens with zero attached hydrogens (tertiary/aromatic N) is 1. The standard InChI is InChI=1S/C13H12N2O2/c1-8(13-15-12(16)7-17-13)10-6-14-11-5-3-2-4-9(10)11/h2-6,8,14H,7H2,1H3/t8-/m1/s1. The number of fused-ring (bicyclic) bond motifs is 1. The van der Waals surface area contributed by atoms with E-state index in [4.69, 9.17) is 4.74 Å². The largest absolute Gasteiger partial charge is 0.470 e. The van der Waals surface area contributed by atoms with Crippen molar-refractivity contribution in [2.45, 2.75) is 12.8 Å². The molecule has 17 heavy (non-hydrogen) atoms. The summed E-state index contributed by atoms with van der Waals surface area (Å²) in [6, 6.07) is 8.05. The fourth-order valence-corrected chi connectivity index (χ4v) is 2.13. The number of para-hydroxylation sites is 1. The van der Waals surface area contributed by atoms with Gasteiger partial charge in [-0.1, -0.05) is 18.2 Å². The maximum absolute atomic E-state index is 11.1. The minimum atomic E-state index is -0.202. The van der Waals surface area contributed by atoms with E-state index in [0.29, 0.717) is 5.90 Å². The third kappa shape index (κ3) is 1.62. The van der Waals surface area contributed by atoms with Crippen LogP contribution in [0, 0.1) is 0 Å². The molecule has 1 aliphatic heterocycles. The van der Waals surface area contributed by atoms with E-state index in [0.717, 1.165) is 16.5 Å². The lowest BCUT2D eigenvalue weighted by Crippen LogP contribution is -2.09. The summed E-state index contributed by atoms with van der Waals surface area (Å²) < 4.78 is 5.29. The van der Waals surface area contributed by atoms with Crippen LogP contribution >= 0.6 is 0 Å². The SMILES string of the molecule is C[C@@H](C1=NC(=O)CO1)c1c[nH]c2ccccc12. The van der Waals surface area contributed by atoms with Gasteiger partial charge in [-0.2, -0.15) is 4.99 Å². The fourth-order valence-electron chi connectivity index (χ4n) is 2.13. The second-order valence-corrected chi connectivity index (χ2v) is 4.14. The summed E-state index contributed by atoms with van der Waals surface area (Å²) in [6.07, 6.45) is 1.95. The molecule has 0 saturated carbocycles. The second-order valence-electron chi connectivity index (χ2n) is 4.14. The number of ether oxygens (including phenoxy) is 1. The quantitative estimate of drug-likeness (QED) is 0.856. The van der Waals surface area contributed by atoms with Crippen LogP contribution in [0.15, 0.2) is 35.5 Å². The molecule has 1 aromatic heterocycles. The summed E-state index contributed by atoms with van der Waals surface area (Å²) in [5.74, 6) is 0.309. The predicted molar refractivity (Wildman–Crippen MR) is 65.1 cm³/mol. The summed E-state index contributed by atoms with van der Waals surface area (Å²) >= 11 is 0. The minimum absolute atomic E-state index is 0.00222. The van der Waals surface area contributed by atoms with Gasteiger partial charge in [0.15, 0.2) is 12.5 Å². The van der Waals surface area contributed by atoms with E-state index >= 15 is 0 Å². The maximum atomic E-state index is 11.1. The molecule has 1 aromatic carbocycles. The van der Waals surface area contributed by atoms with Gasteiger partial charge in [0.25, 0.3) is 5.91 Å². The number of rotatable bonds is 2. The van der Waals surface area contributed by atoms with Crippen molar-refractivity contribution in [3.8, 4) is 0 Å². The predicted octanol–water partition coefficient (Wildman–Crippen LogP) is 2.23. The van der Waals surface area contributed by atoms with Gasteiger partial charge in [-0.25, -0.2) is 0 Å². The van der Waals surface area contributed by atoms with Crippen LogP contribution in [0.2, 0.25) is 0 Å². The van der Waals surface area contributed by atoms with Gasteiger partial charge in [0.05, 0.1) is 5.92 Å². The van der Waals surface area contributed by atoms with Crippen LogP contribution in [0.5, 0.6) is 0 Å². The molecule has 0 aliphatic carbocycles. The number of benzene rings is 1. The number of hydrogen-bond donors (Lipinski definition) is 1. The summed E-state index contributed by atoms with van der Waals surface area (Å²) in [4.78, 5) is 18.2. The lowest BCUT2D eigenvalue weighted by atomic mass is 10.0. The lowest BCUT2D eigenvalue weighted by Gasteiger charge is -2.09. The summed E-state index contributed by atoms with van der Waals surface area (Å²) in [7, 11) is 0. The summed E-state index contributed by atoms with van der Waals surface area (Å²) in [6.45, 7) is 2.06. The molecule has 0 radical (unpaired) electrons. The smallest absolute Gasteiger partial charge is 0.286 e. The molecule has 1 amide bonds. The molecule has 0 fully saturated rings. The Morgan fingerprint density at radius 1 is 1.41 bits per heavy atom. The van der Waals surface area contributed by atoms with E-state index < -0.39 is 0 Å². The van der Waals surface area contributed by atoms with Crippen molar-refractivity contribution in [2.75, 3.05) is 6.61 Å². The van der Waals surface area contributed by atoms with E-state index in [1.807, 2.05) is 31.3 Å². The van der Waals surface area contributed by atoms with Crippen molar-refractivity contribution in [3.63, 3.8) is 0 Å². The van der Waals surface area contributed by atoms with Crippen molar-refractivity contribution < 1.29 is 9.53 Å². The molecule has 2 heterocycles. The lowest BCUT2D eigenvalue weighted by molar-refractivity contribution is -0.118. The molecule has 2 aromatic rings. The number of aromatic nitrogens is 1. The number of carbonyl (C=O) groups excluding carboxylic acids is 1. The summed E-state index contributed by atoms with van der Waals surface area (Å²) in [5.41, 5.74) is 2.19. The number of nitrogens with one attached hydrogen (secondary N) is 1. The Morgan fingerprint density at radius 3 is 3.00 bits per heavy atom.